The van der Waals surface area contributed by atoms with Gasteiger partial charge in [0.05, 0.1) is 6.04 Å². The lowest BCUT2D eigenvalue weighted by Crippen LogP contribution is -2.41. The number of likely N-dealkylation sites (tertiary alicyclic amines) is 1. The molecule has 1 N–H and O–H groups in total. The van der Waals surface area contributed by atoms with Crippen LogP contribution in [0.25, 0.3) is 0 Å². The minimum atomic E-state index is 0.202. The van der Waals surface area contributed by atoms with E-state index in [1.807, 2.05) is 6.07 Å². The number of hydrogen-bond donors (Lipinski definition) is 1. The molecule has 0 amide bonds. The number of hydrazone groups is 1. The van der Waals surface area contributed by atoms with Crippen LogP contribution < -0.4 is 10.2 Å². The highest BCUT2D eigenvalue weighted by Gasteiger charge is 2.37. The highest BCUT2D eigenvalue weighted by molar-refractivity contribution is 5.90. The number of rotatable bonds is 5. The van der Waals surface area contributed by atoms with Crippen LogP contribution in [0.1, 0.15) is 36.1 Å². The largest absolute Gasteiger partial charge is 0.489 e. The van der Waals surface area contributed by atoms with Gasteiger partial charge in [-0.25, -0.2) is 0 Å². The monoisotopic (exact) mass is 349 g/mol. The normalized spacial score (nSPS) is 22.5. The van der Waals surface area contributed by atoms with Crippen molar-refractivity contribution in [3.05, 3.63) is 65.2 Å². The smallest absolute Gasteiger partial charge is 0.125 e. The molecule has 136 valence electrons. The highest BCUT2D eigenvalue weighted by atomic mass is 16.5. The number of piperidine rings is 1. The van der Waals surface area contributed by atoms with Gasteiger partial charge in [0, 0.05) is 36.7 Å². The first-order valence-electron chi connectivity index (χ1n) is 9.56. The van der Waals surface area contributed by atoms with E-state index in [4.69, 9.17) is 4.74 Å². The van der Waals surface area contributed by atoms with E-state index in [2.05, 4.69) is 71.7 Å². The van der Waals surface area contributed by atoms with Gasteiger partial charge in [-0.3, -0.25) is 0 Å². The number of benzene rings is 2. The second-order valence-electron chi connectivity index (χ2n) is 7.27. The van der Waals surface area contributed by atoms with E-state index in [9.17, 15) is 0 Å². The number of aryl methyl sites for hydroxylation is 1. The van der Waals surface area contributed by atoms with Gasteiger partial charge in [-0.2, -0.15) is 5.10 Å². The Labute approximate surface area is 155 Å². The molecule has 0 radical (unpaired) electrons. The highest BCUT2D eigenvalue weighted by Crippen LogP contribution is 2.36. The van der Waals surface area contributed by atoms with Gasteiger partial charge in [0.15, 0.2) is 0 Å². The molecule has 0 bridgehead atoms. The van der Waals surface area contributed by atoms with E-state index in [1.165, 1.54) is 22.4 Å². The Hall–Kier alpha value is -2.33. The fourth-order valence-electron chi connectivity index (χ4n) is 3.90. The first kappa shape index (κ1) is 17.1. The van der Waals surface area contributed by atoms with Gasteiger partial charge in [0.25, 0.3) is 0 Å². The maximum absolute atomic E-state index is 6.20. The molecule has 2 aromatic rings. The Morgan fingerprint density at radius 2 is 1.96 bits per heavy atom. The molecule has 1 fully saturated rings. The zero-order valence-corrected chi connectivity index (χ0v) is 15.6. The van der Waals surface area contributed by atoms with Crippen LogP contribution in [0, 0.1) is 12.8 Å². The SMILES string of the molecule is CCN1CCC2=NNC(c3ccccc3OCc3ccc(C)cc3)C2C1. The molecule has 2 unspecified atom stereocenters. The van der Waals surface area contributed by atoms with Crippen LogP contribution in [0.4, 0.5) is 0 Å². The van der Waals surface area contributed by atoms with Crippen LogP contribution >= 0.6 is 0 Å². The molecule has 2 aliphatic rings. The van der Waals surface area contributed by atoms with Gasteiger partial charge in [0.1, 0.15) is 12.4 Å². The molecule has 2 aromatic carbocycles. The lowest BCUT2D eigenvalue weighted by Gasteiger charge is -2.33. The van der Waals surface area contributed by atoms with Crippen LogP contribution in [0.15, 0.2) is 53.6 Å². The van der Waals surface area contributed by atoms with E-state index >= 15 is 0 Å². The van der Waals surface area contributed by atoms with Crippen molar-refractivity contribution in [1.29, 1.82) is 0 Å². The first-order chi connectivity index (χ1) is 12.7. The molecule has 2 aliphatic heterocycles. The van der Waals surface area contributed by atoms with Gasteiger partial charge in [-0.15, -0.1) is 0 Å². The third kappa shape index (κ3) is 3.47. The summed E-state index contributed by atoms with van der Waals surface area (Å²) in [4.78, 5) is 2.51. The van der Waals surface area contributed by atoms with E-state index in [0.717, 1.165) is 31.8 Å². The summed E-state index contributed by atoms with van der Waals surface area (Å²) in [5, 5.41) is 4.64. The van der Waals surface area contributed by atoms with Crippen molar-refractivity contribution in [2.75, 3.05) is 19.6 Å². The summed E-state index contributed by atoms with van der Waals surface area (Å²) in [6.07, 6.45) is 1.06. The van der Waals surface area contributed by atoms with Gasteiger partial charge < -0.3 is 15.1 Å². The standard InChI is InChI=1S/C22H27N3O/c1-3-25-13-12-20-19(14-25)22(24-23-20)18-6-4-5-7-21(18)26-15-17-10-8-16(2)9-11-17/h4-11,19,22,24H,3,12-15H2,1-2H3. The molecular weight excluding hydrogens is 322 g/mol. The van der Waals surface area contributed by atoms with E-state index in [-0.39, 0.29) is 6.04 Å². The quantitative estimate of drug-likeness (QED) is 0.889. The number of fused-ring (bicyclic) bond motifs is 1. The minimum absolute atomic E-state index is 0.202. The second kappa shape index (κ2) is 7.50. The van der Waals surface area contributed by atoms with Gasteiger partial charge in [0.2, 0.25) is 0 Å². The van der Waals surface area contributed by atoms with Crippen molar-refractivity contribution in [3.63, 3.8) is 0 Å². The molecule has 0 spiro atoms. The molecule has 26 heavy (non-hydrogen) atoms. The van der Waals surface area contributed by atoms with E-state index in [1.54, 1.807) is 0 Å². The van der Waals surface area contributed by atoms with Crippen LogP contribution in [0.3, 0.4) is 0 Å². The Morgan fingerprint density at radius 3 is 2.77 bits per heavy atom. The molecule has 0 aliphatic carbocycles. The average Bonchev–Trinajstić information content (AvgIpc) is 3.10. The molecule has 0 saturated carbocycles. The molecular formula is C22H27N3O. The molecule has 4 heteroatoms. The Morgan fingerprint density at radius 1 is 1.15 bits per heavy atom. The molecule has 0 aromatic heterocycles. The topological polar surface area (TPSA) is 36.9 Å². The summed E-state index contributed by atoms with van der Waals surface area (Å²) in [6.45, 7) is 8.21. The zero-order chi connectivity index (χ0) is 17.9. The molecule has 1 saturated heterocycles. The Kier molecular flexibility index (Phi) is 4.93. The zero-order valence-electron chi connectivity index (χ0n) is 15.6. The number of hydrogen-bond acceptors (Lipinski definition) is 4. The lowest BCUT2D eigenvalue weighted by molar-refractivity contribution is 0.235. The van der Waals surface area contributed by atoms with Gasteiger partial charge >= 0.3 is 0 Å². The number of ether oxygens (including phenoxy) is 1. The molecule has 4 nitrogen and oxygen atoms in total. The van der Waals surface area contributed by atoms with E-state index in [0.29, 0.717) is 12.5 Å². The third-order valence-corrected chi connectivity index (χ3v) is 5.53. The fourth-order valence-corrected chi connectivity index (χ4v) is 3.90. The summed E-state index contributed by atoms with van der Waals surface area (Å²) in [5.41, 5.74) is 8.37. The van der Waals surface area contributed by atoms with Crippen molar-refractivity contribution < 1.29 is 4.74 Å². The van der Waals surface area contributed by atoms with Crippen molar-refractivity contribution >= 4 is 5.71 Å². The third-order valence-electron chi connectivity index (χ3n) is 5.53. The maximum Gasteiger partial charge on any atom is 0.125 e. The average molecular weight is 349 g/mol. The van der Waals surface area contributed by atoms with Crippen molar-refractivity contribution in [2.45, 2.75) is 32.9 Å². The Bertz CT molecular complexity index is 784. The van der Waals surface area contributed by atoms with Crippen molar-refractivity contribution in [3.8, 4) is 5.75 Å². The lowest BCUT2D eigenvalue weighted by atomic mass is 9.86. The predicted molar refractivity (Wildman–Crippen MR) is 105 cm³/mol. The van der Waals surface area contributed by atoms with Gasteiger partial charge in [-0.1, -0.05) is 55.0 Å². The maximum atomic E-state index is 6.20. The first-order valence-corrected chi connectivity index (χ1v) is 9.56. The summed E-state index contributed by atoms with van der Waals surface area (Å²) in [5.74, 6) is 1.39. The Balaban J connectivity index is 1.51. The molecule has 4 rings (SSSR count). The summed E-state index contributed by atoms with van der Waals surface area (Å²) < 4.78 is 6.20. The van der Waals surface area contributed by atoms with Crippen LogP contribution in [-0.4, -0.2) is 30.2 Å². The van der Waals surface area contributed by atoms with Crippen LogP contribution in [0.5, 0.6) is 5.75 Å². The molecule has 2 heterocycles. The van der Waals surface area contributed by atoms with Crippen molar-refractivity contribution in [1.82, 2.24) is 10.3 Å². The number of para-hydroxylation sites is 1. The summed E-state index contributed by atoms with van der Waals surface area (Å²) >= 11 is 0. The molecule has 2 atom stereocenters. The van der Waals surface area contributed by atoms with E-state index < -0.39 is 0 Å². The van der Waals surface area contributed by atoms with Crippen molar-refractivity contribution in [2.24, 2.45) is 11.0 Å². The number of nitrogens with one attached hydrogen (secondary N) is 1. The summed E-state index contributed by atoms with van der Waals surface area (Å²) in [7, 11) is 0. The summed E-state index contributed by atoms with van der Waals surface area (Å²) in [6, 6.07) is 17.1. The van der Waals surface area contributed by atoms with Crippen LogP contribution in [0.2, 0.25) is 0 Å². The fraction of sp³-hybridized carbons (Fsp3) is 0.409. The minimum Gasteiger partial charge on any atom is -0.489 e. The predicted octanol–water partition coefficient (Wildman–Crippen LogP) is 3.92. The number of nitrogens with zero attached hydrogens (tertiary/aromatic N) is 2. The second-order valence-corrected chi connectivity index (χ2v) is 7.27. The van der Waals surface area contributed by atoms with Crippen LogP contribution in [-0.2, 0) is 6.61 Å². The van der Waals surface area contributed by atoms with Gasteiger partial charge in [-0.05, 0) is 25.1 Å².